The zero-order chi connectivity index (χ0) is 17.3. The summed E-state index contributed by atoms with van der Waals surface area (Å²) in [5.74, 6) is 0.395. The summed E-state index contributed by atoms with van der Waals surface area (Å²) in [5, 5.41) is 10.6. The van der Waals surface area contributed by atoms with E-state index in [2.05, 4.69) is 0 Å². The van der Waals surface area contributed by atoms with E-state index in [9.17, 15) is 13.5 Å². The molecule has 0 aromatic heterocycles. The maximum absolute atomic E-state index is 12.9. The van der Waals surface area contributed by atoms with Crippen LogP contribution < -0.4 is 9.04 Å². The van der Waals surface area contributed by atoms with Gasteiger partial charge in [0, 0.05) is 17.1 Å². The molecule has 1 N–H and O–H groups in total. The fourth-order valence-corrected chi connectivity index (χ4v) is 4.78. The number of aliphatic hydroxyl groups excluding tert-OH is 1. The van der Waals surface area contributed by atoms with Gasteiger partial charge < -0.3 is 9.84 Å². The first kappa shape index (κ1) is 17.1. The molecule has 1 aliphatic rings. The highest BCUT2D eigenvalue weighted by molar-refractivity contribution is 7.92. The van der Waals surface area contributed by atoms with Crippen molar-refractivity contribution in [3.8, 4) is 5.75 Å². The van der Waals surface area contributed by atoms with E-state index in [0.717, 1.165) is 0 Å². The number of fused-ring (bicyclic) bond motifs is 1. The standard InChI is InChI=1S/C17H18ClNO4S/c1-23-13-6-7-16-14(10-13)17(20)8-9-19(16)24(21,22)11-12-4-2-3-5-15(12)18/h2-7,10,17,20H,8-9,11H2,1H3. The van der Waals surface area contributed by atoms with Gasteiger partial charge in [-0.3, -0.25) is 4.31 Å². The van der Waals surface area contributed by atoms with Gasteiger partial charge in [-0.1, -0.05) is 29.8 Å². The normalized spacial score (nSPS) is 17.5. The summed E-state index contributed by atoms with van der Waals surface area (Å²) in [5.41, 5.74) is 1.60. The molecule has 128 valence electrons. The molecule has 1 atom stereocenters. The number of sulfonamides is 1. The monoisotopic (exact) mass is 367 g/mol. The van der Waals surface area contributed by atoms with Crippen LogP contribution in [0.1, 0.15) is 23.7 Å². The van der Waals surface area contributed by atoms with Crippen molar-refractivity contribution in [1.82, 2.24) is 0 Å². The molecule has 1 aliphatic heterocycles. The molecule has 0 spiro atoms. The van der Waals surface area contributed by atoms with E-state index in [1.807, 2.05) is 0 Å². The van der Waals surface area contributed by atoms with E-state index >= 15 is 0 Å². The van der Waals surface area contributed by atoms with Crippen LogP contribution in [0.4, 0.5) is 5.69 Å². The molecule has 0 fully saturated rings. The van der Waals surface area contributed by atoms with Crippen molar-refractivity contribution in [2.24, 2.45) is 0 Å². The number of hydrogen-bond acceptors (Lipinski definition) is 4. The van der Waals surface area contributed by atoms with Gasteiger partial charge in [0.05, 0.1) is 24.7 Å². The summed E-state index contributed by atoms with van der Waals surface area (Å²) in [4.78, 5) is 0. The molecule has 2 aromatic rings. The number of methoxy groups -OCH3 is 1. The lowest BCUT2D eigenvalue weighted by molar-refractivity contribution is 0.166. The predicted molar refractivity (Wildman–Crippen MR) is 94.0 cm³/mol. The van der Waals surface area contributed by atoms with Gasteiger partial charge in [0.15, 0.2) is 0 Å². The lowest BCUT2D eigenvalue weighted by Crippen LogP contribution is -2.37. The second-order valence-corrected chi connectivity index (χ2v) is 7.95. The van der Waals surface area contributed by atoms with Gasteiger partial charge in [0.25, 0.3) is 0 Å². The van der Waals surface area contributed by atoms with E-state index in [1.54, 1.807) is 42.5 Å². The minimum Gasteiger partial charge on any atom is -0.497 e. The molecule has 0 aliphatic carbocycles. The topological polar surface area (TPSA) is 66.8 Å². The molecule has 7 heteroatoms. The quantitative estimate of drug-likeness (QED) is 0.901. The third-order valence-corrected chi connectivity index (χ3v) is 6.19. The third-order valence-electron chi connectivity index (χ3n) is 4.10. The number of aliphatic hydroxyl groups is 1. The van der Waals surface area contributed by atoms with Crippen molar-refractivity contribution in [2.45, 2.75) is 18.3 Å². The molecular weight excluding hydrogens is 350 g/mol. The molecule has 0 saturated carbocycles. The van der Waals surface area contributed by atoms with Crippen LogP contribution in [0.3, 0.4) is 0 Å². The van der Waals surface area contributed by atoms with Gasteiger partial charge in [-0.05, 0) is 36.2 Å². The minimum absolute atomic E-state index is 0.186. The zero-order valence-corrected chi connectivity index (χ0v) is 14.7. The Bertz CT molecular complexity index is 853. The predicted octanol–water partition coefficient (Wildman–Crippen LogP) is 3.12. The second kappa shape index (κ2) is 6.63. The van der Waals surface area contributed by atoms with E-state index in [-0.39, 0.29) is 12.3 Å². The lowest BCUT2D eigenvalue weighted by Gasteiger charge is -2.33. The van der Waals surface area contributed by atoms with Crippen LogP contribution in [0, 0.1) is 0 Å². The van der Waals surface area contributed by atoms with Crippen LogP contribution in [-0.4, -0.2) is 27.2 Å². The Hall–Kier alpha value is -1.76. The Balaban J connectivity index is 1.98. The van der Waals surface area contributed by atoms with Crippen molar-refractivity contribution < 1.29 is 18.3 Å². The van der Waals surface area contributed by atoms with Crippen molar-refractivity contribution in [3.63, 3.8) is 0 Å². The second-order valence-electron chi connectivity index (χ2n) is 5.65. The van der Waals surface area contributed by atoms with Gasteiger partial charge in [-0.2, -0.15) is 0 Å². The maximum atomic E-state index is 12.9. The van der Waals surface area contributed by atoms with Gasteiger partial charge >= 0.3 is 0 Å². The average Bonchev–Trinajstić information content (AvgIpc) is 2.56. The molecule has 24 heavy (non-hydrogen) atoms. The highest BCUT2D eigenvalue weighted by atomic mass is 35.5. The van der Waals surface area contributed by atoms with E-state index in [0.29, 0.717) is 34.0 Å². The van der Waals surface area contributed by atoms with Gasteiger partial charge in [-0.15, -0.1) is 0 Å². The lowest BCUT2D eigenvalue weighted by atomic mass is 10.0. The van der Waals surface area contributed by atoms with Crippen LogP contribution in [0.25, 0.3) is 0 Å². The average molecular weight is 368 g/mol. The molecule has 0 amide bonds. The Morgan fingerprint density at radius 2 is 2.04 bits per heavy atom. The SMILES string of the molecule is COc1ccc2c(c1)C(O)CCN2S(=O)(=O)Cc1ccccc1Cl. The molecule has 3 rings (SSSR count). The number of halogens is 1. The van der Waals surface area contributed by atoms with Crippen LogP contribution in [0.15, 0.2) is 42.5 Å². The number of benzene rings is 2. The number of rotatable bonds is 4. The van der Waals surface area contributed by atoms with Crippen LogP contribution in [0.5, 0.6) is 5.75 Å². The fourth-order valence-electron chi connectivity index (χ4n) is 2.85. The Morgan fingerprint density at radius 3 is 2.75 bits per heavy atom. The Morgan fingerprint density at radius 1 is 1.29 bits per heavy atom. The summed E-state index contributed by atoms with van der Waals surface area (Å²) in [6, 6.07) is 11.9. The van der Waals surface area contributed by atoms with Gasteiger partial charge in [0.1, 0.15) is 5.75 Å². The molecule has 1 unspecified atom stereocenters. The zero-order valence-electron chi connectivity index (χ0n) is 13.1. The minimum atomic E-state index is -3.62. The molecule has 0 saturated heterocycles. The van der Waals surface area contributed by atoms with Gasteiger partial charge in [0.2, 0.25) is 10.0 Å². The summed E-state index contributed by atoms with van der Waals surface area (Å²) in [6.07, 6.45) is -0.371. The van der Waals surface area contributed by atoms with E-state index in [1.165, 1.54) is 11.4 Å². The molecule has 5 nitrogen and oxygen atoms in total. The largest absolute Gasteiger partial charge is 0.497 e. The van der Waals surface area contributed by atoms with Crippen molar-refractivity contribution in [2.75, 3.05) is 18.0 Å². The first-order valence-electron chi connectivity index (χ1n) is 7.52. The Labute approximate surface area is 146 Å². The first-order chi connectivity index (χ1) is 11.4. The van der Waals surface area contributed by atoms with Crippen molar-refractivity contribution >= 4 is 27.3 Å². The summed E-state index contributed by atoms with van der Waals surface area (Å²) in [7, 11) is -2.09. The van der Waals surface area contributed by atoms with E-state index < -0.39 is 16.1 Å². The summed E-state index contributed by atoms with van der Waals surface area (Å²) in [6.45, 7) is 0.229. The van der Waals surface area contributed by atoms with Crippen LogP contribution >= 0.6 is 11.6 Å². The van der Waals surface area contributed by atoms with Crippen LogP contribution in [-0.2, 0) is 15.8 Å². The molecule has 0 bridgehead atoms. The smallest absolute Gasteiger partial charge is 0.239 e. The third kappa shape index (κ3) is 3.22. The highest BCUT2D eigenvalue weighted by Gasteiger charge is 2.32. The number of nitrogens with zero attached hydrogens (tertiary/aromatic N) is 1. The fraction of sp³-hybridized carbons (Fsp3) is 0.294. The molecule has 2 aromatic carbocycles. The number of anilines is 1. The summed E-state index contributed by atoms with van der Waals surface area (Å²) >= 11 is 6.09. The maximum Gasteiger partial charge on any atom is 0.239 e. The molecular formula is C17H18ClNO4S. The molecule has 0 radical (unpaired) electrons. The van der Waals surface area contributed by atoms with Crippen LogP contribution in [0.2, 0.25) is 5.02 Å². The van der Waals surface area contributed by atoms with Crippen molar-refractivity contribution in [3.05, 3.63) is 58.6 Å². The van der Waals surface area contributed by atoms with E-state index in [4.69, 9.17) is 16.3 Å². The highest BCUT2D eigenvalue weighted by Crippen LogP contribution is 2.38. The molecule has 1 heterocycles. The number of ether oxygens (including phenoxy) is 1. The summed E-state index contributed by atoms with van der Waals surface area (Å²) < 4.78 is 32.3. The van der Waals surface area contributed by atoms with Gasteiger partial charge in [-0.25, -0.2) is 8.42 Å². The van der Waals surface area contributed by atoms with Crippen molar-refractivity contribution in [1.29, 1.82) is 0 Å². The first-order valence-corrected chi connectivity index (χ1v) is 9.51. The Kier molecular flexibility index (Phi) is 4.71. The number of hydrogen-bond donors (Lipinski definition) is 1.